The molecule has 1 atom stereocenters. The third kappa shape index (κ3) is 3.58. The number of aromatic nitrogens is 5. The van der Waals surface area contributed by atoms with Gasteiger partial charge < -0.3 is 5.32 Å². The third-order valence-electron chi connectivity index (χ3n) is 5.39. The number of aryl methyl sites for hydroxylation is 2. The topological polar surface area (TPSA) is 97.6 Å². The zero-order valence-corrected chi connectivity index (χ0v) is 16.3. The molecule has 3 aromatic rings. The average molecular weight is 382 g/mol. The molecule has 1 aliphatic rings. The first-order valence-corrected chi connectivity index (χ1v) is 9.92. The molecule has 8 nitrogen and oxygen atoms in total. The molecule has 0 aliphatic carbocycles. The molecule has 28 heavy (non-hydrogen) atoms. The van der Waals surface area contributed by atoms with Gasteiger partial charge in [-0.3, -0.25) is 14.5 Å². The van der Waals surface area contributed by atoms with E-state index in [1.165, 1.54) is 0 Å². The predicted molar refractivity (Wildman–Crippen MR) is 106 cm³/mol. The lowest BCUT2D eigenvalue weighted by molar-refractivity contribution is 0.0934. The Labute approximate surface area is 162 Å². The van der Waals surface area contributed by atoms with Gasteiger partial charge in [0.2, 0.25) is 0 Å². The first-order valence-electron chi connectivity index (χ1n) is 9.92. The molecule has 0 spiro atoms. The molecule has 0 saturated heterocycles. The normalized spacial score (nSPS) is 16.9. The minimum Gasteiger partial charge on any atom is -0.349 e. The van der Waals surface area contributed by atoms with Crippen molar-refractivity contribution in [1.82, 2.24) is 29.9 Å². The number of carbonyl (C=O) groups is 1. The van der Waals surface area contributed by atoms with Crippen LogP contribution in [0.3, 0.4) is 0 Å². The molecule has 8 heteroatoms. The molecule has 2 N–H and O–H groups in total. The van der Waals surface area contributed by atoms with Crippen LogP contribution in [-0.4, -0.2) is 36.5 Å². The maximum Gasteiger partial charge on any atom is 0.345 e. The van der Waals surface area contributed by atoms with Crippen molar-refractivity contribution < 1.29 is 4.79 Å². The van der Waals surface area contributed by atoms with Gasteiger partial charge in [0.05, 0.1) is 17.3 Å². The van der Waals surface area contributed by atoms with Gasteiger partial charge in [0.15, 0.2) is 0 Å². The van der Waals surface area contributed by atoms with Crippen molar-refractivity contribution in [1.29, 1.82) is 0 Å². The molecule has 1 aromatic carbocycles. The van der Waals surface area contributed by atoms with Crippen LogP contribution >= 0.6 is 0 Å². The maximum atomic E-state index is 12.8. The lowest BCUT2D eigenvalue weighted by Gasteiger charge is -2.16. The van der Waals surface area contributed by atoms with Crippen LogP contribution in [0.5, 0.6) is 0 Å². The zero-order chi connectivity index (χ0) is 19.7. The number of aromatic amines is 1. The summed E-state index contributed by atoms with van der Waals surface area (Å²) >= 11 is 0. The van der Waals surface area contributed by atoms with Crippen LogP contribution in [0.1, 0.15) is 49.3 Å². The zero-order valence-electron chi connectivity index (χ0n) is 16.3. The smallest absolute Gasteiger partial charge is 0.345 e. The van der Waals surface area contributed by atoms with Crippen LogP contribution in [0.15, 0.2) is 29.2 Å². The largest absolute Gasteiger partial charge is 0.349 e. The molecule has 1 aliphatic heterocycles. The second kappa shape index (κ2) is 7.61. The molecule has 0 radical (unpaired) electrons. The number of para-hydroxylation sites is 1. The molecular weight excluding hydrogens is 356 g/mol. The number of carbonyl (C=O) groups excluding carboxylic acids is 1. The van der Waals surface area contributed by atoms with Crippen molar-refractivity contribution in [3.05, 3.63) is 46.3 Å². The van der Waals surface area contributed by atoms with Gasteiger partial charge >= 0.3 is 5.69 Å². The second-order valence-corrected chi connectivity index (χ2v) is 7.89. The summed E-state index contributed by atoms with van der Waals surface area (Å²) in [5, 5.41) is 15.5. The molecule has 3 heterocycles. The van der Waals surface area contributed by atoms with E-state index in [0.717, 1.165) is 29.6 Å². The molecule has 2 aromatic heterocycles. The van der Waals surface area contributed by atoms with Crippen LogP contribution < -0.4 is 11.0 Å². The van der Waals surface area contributed by atoms with Gasteiger partial charge in [0, 0.05) is 30.9 Å². The highest BCUT2D eigenvalue weighted by molar-refractivity contribution is 6.05. The minimum absolute atomic E-state index is 0.0101. The summed E-state index contributed by atoms with van der Waals surface area (Å²) in [6, 6.07) is 5.58. The summed E-state index contributed by atoms with van der Waals surface area (Å²) in [4.78, 5) is 25.4. The minimum atomic E-state index is -0.117. The first kappa shape index (κ1) is 18.5. The summed E-state index contributed by atoms with van der Waals surface area (Å²) < 4.78 is 3.36. The number of rotatable bonds is 5. The monoisotopic (exact) mass is 382 g/mol. The SMILES string of the molecule is CC(C)CCn1nc2n(c1=O)CCC(NC(=O)c1cccc3cn[nH]c13)CC2. The Balaban J connectivity index is 1.44. The fourth-order valence-electron chi connectivity index (χ4n) is 3.72. The van der Waals surface area contributed by atoms with Gasteiger partial charge in [-0.15, -0.1) is 0 Å². The van der Waals surface area contributed by atoms with Crippen molar-refractivity contribution in [3.63, 3.8) is 0 Å². The average Bonchev–Trinajstić information content (AvgIpc) is 3.21. The Hall–Kier alpha value is -2.90. The molecule has 0 fully saturated rings. The summed E-state index contributed by atoms with van der Waals surface area (Å²) in [6.45, 7) is 5.52. The van der Waals surface area contributed by atoms with E-state index in [-0.39, 0.29) is 17.6 Å². The fraction of sp³-hybridized carbons (Fsp3) is 0.500. The van der Waals surface area contributed by atoms with Gasteiger partial charge in [-0.25, -0.2) is 9.48 Å². The van der Waals surface area contributed by atoms with Gasteiger partial charge in [0.1, 0.15) is 5.82 Å². The van der Waals surface area contributed by atoms with Crippen LogP contribution in [-0.2, 0) is 19.5 Å². The number of amides is 1. The second-order valence-electron chi connectivity index (χ2n) is 7.89. The van der Waals surface area contributed by atoms with Crippen LogP contribution in [0.2, 0.25) is 0 Å². The van der Waals surface area contributed by atoms with Crippen LogP contribution in [0.4, 0.5) is 0 Å². The van der Waals surface area contributed by atoms with Crippen LogP contribution in [0, 0.1) is 5.92 Å². The highest BCUT2D eigenvalue weighted by Crippen LogP contribution is 2.17. The Morgan fingerprint density at radius 2 is 2.21 bits per heavy atom. The number of H-pyrrole nitrogens is 1. The highest BCUT2D eigenvalue weighted by Gasteiger charge is 2.23. The van der Waals surface area contributed by atoms with E-state index in [2.05, 4.69) is 34.5 Å². The number of benzene rings is 1. The molecule has 1 unspecified atom stereocenters. The van der Waals surface area contributed by atoms with E-state index in [9.17, 15) is 9.59 Å². The number of nitrogens with zero attached hydrogens (tertiary/aromatic N) is 4. The molecular formula is C20H26N6O2. The lowest BCUT2D eigenvalue weighted by atomic mass is 10.1. The van der Waals surface area contributed by atoms with E-state index in [0.29, 0.717) is 37.4 Å². The van der Waals surface area contributed by atoms with E-state index in [1.807, 2.05) is 12.1 Å². The summed E-state index contributed by atoms with van der Waals surface area (Å²) in [6.07, 6.45) is 4.82. The van der Waals surface area contributed by atoms with Crippen molar-refractivity contribution in [2.24, 2.45) is 5.92 Å². The van der Waals surface area contributed by atoms with Crippen molar-refractivity contribution in [2.75, 3.05) is 0 Å². The Morgan fingerprint density at radius 1 is 1.36 bits per heavy atom. The number of nitrogens with one attached hydrogen (secondary N) is 2. The highest BCUT2D eigenvalue weighted by atomic mass is 16.2. The van der Waals surface area contributed by atoms with E-state index >= 15 is 0 Å². The quantitative estimate of drug-likeness (QED) is 0.706. The predicted octanol–water partition coefficient (Wildman–Crippen LogP) is 2.10. The van der Waals surface area contributed by atoms with E-state index < -0.39 is 0 Å². The molecule has 1 amide bonds. The number of hydrogen-bond donors (Lipinski definition) is 2. The maximum absolute atomic E-state index is 12.8. The van der Waals surface area contributed by atoms with Gasteiger partial charge in [-0.05, 0) is 31.2 Å². The Bertz CT molecular complexity index is 1040. The van der Waals surface area contributed by atoms with Crippen molar-refractivity contribution in [3.8, 4) is 0 Å². The first-order chi connectivity index (χ1) is 13.5. The van der Waals surface area contributed by atoms with Gasteiger partial charge in [-0.2, -0.15) is 10.2 Å². The van der Waals surface area contributed by atoms with E-state index in [4.69, 9.17) is 0 Å². The van der Waals surface area contributed by atoms with Gasteiger partial charge in [0.25, 0.3) is 5.91 Å². The Morgan fingerprint density at radius 3 is 3.04 bits per heavy atom. The van der Waals surface area contributed by atoms with Gasteiger partial charge in [-0.1, -0.05) is 26.0 Å². The fourth-order valence-corrected chi connectivity index (χ4v) is 3.72. The van der Waals surface area contributed by atoms with Crippen molar-refractivity contribution >= 4 is 16.8 Å². The third-order valence-corrected chi connectivity index (χ3v) is 5.39. The lowest BCUT2D eigenvalue weighted by Crippen LogP contribution is -2.36. The van der Waals surface area contributed by atoms with E-state index in [1.54, 1.807) is 21.5 Å². The molecule has 0 bridgehead atoms. The summed E-state index contributed by atoms with van der Waals surface area (Å²) in [5.74, 6) is 1.24. The Kier molecular flexibility index (Phi) is 5.02. The molecule has 4 rings (SSSR count). The van der Waals surface area contributed by atoms with Crippen molar-refractivity contribution in [2.45, 2.75) is 58.7 Å². The molecule has 148 valence electrons. The summed E-state index contributed by atoms with van der Waals surface area (Å²) in [5.41, 5.74) is 1.30. The number of hydrogen-bond acceptors (Lipinski definition) is 4. The number of fused-ring (bicyclic) bond motifs is 2. The molecule has 0 saturated carbocycles. The summed E-state index contributed by atoms with van der Waals surface area (Å²) in [7, 11) is 0. The standard InChI is InChI=1S/C20H26N6O2/c1-13(2)8-11-26-20(28)25-10-9-15(6-7-17(25)24-26)22-19(27)16-5-3-4-14-12-21-23-18(14)16/h3-5,12-13,15H,6-11H2,1-2H3,(H,21,23)(H,22,27). The van der Waals surface area contributed by atoms with Crippen LogP contribution in [0.25, 0.3) is 10.9 Å².